The van der Waals surface area contributed by atoms with Crippen molar-refractivity contribution >= 4 is 53.2 Å². The van der Waals surface area contributed by atoms with Crippen LogP contribution >= 0.6 is 38.2 Å². The number of carbonyl (C=O) groups excluding carboxylic acids is 1. The van der Waals surface area contributed by atoms with Crippen molar-refractivity contribution in [2.75, 3.05) is 6.54 Å². The third-order valence-corrected chi connectivity index (χ3v) is 6.06. The topological polar surface area (TPSA) is 63.2 Å². The fraction of sp³-hybridized carbons (Fsp3) is 0.462. The number of amides is 1. The van der Waals surface area contributed by atoms with Crippen molar-refractivity contribution in [3.05, 3.63) is 27.2 Å². The summed E-state index contributed by atoms with van der Waals surface area (Å²) in [6.07, 6.45) is 1.06. The molecule has 0 saturated heterocycles. The molecule has 8 heteroatoms. The highest BCUT2D eigenvalue weighted by Crippen LogP contribution is 2.51. The molecule has 21 heavy (non-hydrogen) atoms. The normalized spacial score (nSPS) is 20.1. The molecule has 1 aromatic carbocycles. The minimum Gasteiger partial charge on any atom is -0.352 e. The molecule has 0 radical (unpaired) electrons. The van der Waals surface area contributed by atoms with Gasteiger partial charge in [-0.2, -0.15) is 0 Å². The predicted molar refractivity (Wildman–Crippen MR) is 86.4 cm³/mol. The third-order valence-electron chi connectivity index (χ3n) is 3.74. The van der Waals surface area contributed by atoms with Crippen molar-refractivity contribution in [2.45, 2.75) is 25.2 Å². The lowest BCUT2D eigenvalue weighted by Crippen LogP contribution is -2.27. The second-order valence-corrected chi connectivity index (χ2v) is 9.63. The number of rotatable bonds is 4. The van der Waals surface area contributed by atoms with E-state index in [1.165, 1.54) is 12.1 Å². The van der Waals surface area contributed by atoms with Crippen LogP contribution in [0.15, 0.2) is 21.5 Å². The zero-order valence-corrected chi connectivity index (χ0v) is 15.3. The highest BCUT2D eigenvalue weighted by molar-refractivity contribution is 9.10. The van der Waals surface area contributed by atoms with Gasteiger partial charge in [0.1, 0.15) is 4.90 Å². The average molecular weight is 415 g/mol. The maximum absolute atomic E-state index is 12.2. The summed E-state index contributed by atoms with van der Waals surface area (Å²) in [4.78, 5) is 11.9. The molecule has 4 nitrogen and oxygen atoms in total. The quantitative estimate of drug-likeness (QED) is 0.762. The fourth-order valence-electron chi connectivity index (χ4n) is 2.14. The van der Waals surface area contributed by atoms with Crippen molar-refractivity contribution < 1.29 is 13.2 Å². The maximum atomic E-state index is 12.2. The first-order valence-corrected chi connectivity index (χ1v) is 9.72. The number of halogens is 3. The molecule has 1 saturated carbocycles. The smallest absolute Gasteiger partial charge is 0.262 e. The Morgan fingerprint density at radius 3 is 2.52 bits per heavy atom. The van der Waals surface area contributed by atoms with Crippen molar-refractivity contribution in [1.29, 1.82) is 0 Å². The minimum atomic E-state index is -4.02. The Kier molecular flexibility index (Phi) is 4.65. The zero-order chi connectivity index (χ0) is 16.0. The van der Waals surface area contributed by atoms with Gasteiger partial charge in [0.15, 0.2) is 0 Å². The highest BCUT2D eigenvalue weighted by Gasteiger charge is 2.45. The summed E-state index contributed by atoms with van der Waals surface area (Å²) < 4.78 is 23.4. The Morgan fingerprint density at radius 2 is 2.05 bits per heavy atom. The summed E-state index contributed by atoms with van der Waals surface area (Å²) >= 11 is 9.16. The summed E-state index contributed by atoms with van der Waals surface area (Å²) in [6, 6.07) is 2.74. The monoisotopic (exact) mass is 413 g/mol. The second-order valence-electron chi connectivity index (χ2n) is 5.80. The molecule has 1 unspecified atom stereocenters. The summed E-state index contributed by atoms with van der Waals surface area (Å²) in [6.45, 7) is 4.81. The van der Waals surface area contributed by atoms with Crippen LogP contribution in [0.1, 0.15) is 30.6 Å². The lowest BCUT2D eigenvalue weighted by Gasteiger charge is -2.10. The van der Waals surface area contributed by atoms with Crippen molar-refractivity contribution in [1.82, 2.24) is 5.32 Å². The molecule has 0 bridgehead atoms. The van der Waals surface area contributed by atoms with Gasteiger partial charge in [-0.05, 0) is 29.9 Å². The van der Waals surface area contributed by atoms with E-state index in [1.807, 2.05) is 0 Å². The Hall–Kier alpha value is -0.300. The minimum absolute atomic E-state index is 0.0868. The summed E-state index contributed by atoms with van der Waals surface area (Å²) in [5, 5.41) is 2.62. The van der Waals surface area contributed by atoms with Gasteiger partial charge < -0.3 is 5.32 Å². The maximum Gasteiger partial charge on any atom is 0.262 e. The van der Waals surface area contributed by atoms with E-state index in [1.54, 1.807) is 0 Å². The largest absolute Gasteiger partial charge is 0.352 e. The lowest BCUT2D eigenvalue weighted by atomic mass is 10.1. The van der Waals surface area contributed by atoms with Crippen LogP contribution < -0.4 is 5.32 Å². The van der Waals surface area contributed by atoms with Gasteiger partial charge in [0.25, 0.3) is 15.0 Å². The Morgan fingerprint density at radius 1 is 1.48 bits per heavy atom. The van der Waals surface area contributed by atoms with E-state index in [-0.39, 0.29) is 20.9 Å². The number of carbonyl (C=O) groups is 1. The van der Waals surface area contributed by atoms with Gasteiger partial charge in [-0.15, -0.1) is 0 Å². The average Bonchev–Trinajstić information content (AvgIpc) is 2.95. The molecule has 1 aliphatic rings. The predicted octanol–water partition coefficient (Wildman–Crippen LogP) is 3.81. The highest BCUT2D eigenvalue weighted by atomic mass is 79.9. The van der Waals surface area contributed by atoms with E-state index < -0.39 is 15.0 Å². The SMILES string of the molecule is CC1(C)CC1CNC(=O)c1cc(Br)cc(S(=O)(=O)Cl)c1Cl. The van der Waals surface area contributed by atoms with Gasteiger partial charge >= 0.3 is 0 Å². The van der Waals surface area contributed by atoms with Crippen molar-refractivity contribution in [3.8, 4) is 0 Å². The first-order valence-electron chi connectivity index (χ1n) is 6.24. The molecule has 1 fully saturated rings. The number of hydrogen-bond acceptors (Lipinski definition) is 3. The first-order chi connectivity index (χ1) is 9.52. The van der Waals surface area contributed by atoms with Gasteiger partial charge in [-0.25, -0.2) is 8.42 Å². The molecule has 0 aromatic heterocycles. The standard InChI is InChI=1S/C13H14BrCl2NO3S/c1-13(2)5-7(13)6-17-12(18)9-3-8(14)4-10(11(9)15)21(16,19)20/h3-4,7H,5-6H2,1-2H3,(H,17,18). The zero-order valence-electron chi connectivity index (χ0n) is 11.4. The molecular formula is C13H14BrCl2NO3S. The number of nitrogens with one attached hydrogen (secondary N) is 1. The van der Waals surface area contributed by atoms with Crippen LogP contribution in [0.5, 0.6) is 0 Å². The molecule has 1 aliphatic carbocycles. The van der Waals surface area contributed by atoms with Crippen LogP contribution in [-0.2, 0) is 9.05 Å². The molecule has 1 amide bonds. The first kappa shape index (κ1) is 17.1. The van der Waals surface area contributed by atoms with E-state index in [9.17, 15) is 13.2 Å². The van der Waals surface area contributed by atoms with Crippen molar-refractivity contribution in [2.24, 2.45) is 11.3 Å². The fourth-order valence-corrected chi connectivity index (χ4v) is 4.33. The lowest BCUT2D eigenvalue weighted by molar-refractivity contribution is 0.0950. The van der Waals surface area contributed by atoms with Gasteiger partial charge in [0, 0.05) is 21.7 Å². The number of benzene rings is 1. The molecule has 0 aliphatic heterocycles. The molecule has 0 spiro atoms. The van der Waals surface area contributed by atoms with Gasteiger partial charge in [-0.1, -0.05) is 41.4 Å². The van der Waals surface area contributed by atoms with Crippen LogP contribution in [-0.4, -0.2) is 20.9 Å². The Bertz CT molecular complexity index is 704. The molecule has 1 aromatic rings. The van der Waals surface area contributed by atoms with Gasteiger partial charge in [0.2, 0.25) is 0 Å². The summed E-state index contributed by atoms with van der Waals surface area (Å²) in [7, 11) is 1.30. The third kappa shape index (κ3) is 3.92. The number of hydrogen-bond donors (Lipinski definition) is 1. The van der Waals surface area contributed by atoms with Gasteiger partial charge in [0.05, 0.1) is 10.6 Å². The van der Waals surface area contributed by atoms with Crippen LogP contribution in [0.4, 0.5) is 0 Å². The van der Waals surface area contributed by atoms with Gasteiger partial charge in [-0.3, -0.25) is 4.79 Å². The van der Waals surface area contributed by atoms with Crippen LogP contribution in [0.3, 0.4) is 0 Å². The van der Waals surface area contributed by atoms with Crippen molar-refractivity contribution in [3.63, 3.8) is 0 Å². The van der Waals surface area contributed by atoms with E-state index in [2.05, 4.69) is 35.1 Å². The second kappa shape index (κ2) is 5.72. The van der Waals surface area contributed by atoms with E-state index in [4.69, 9.17) is 22.3 Å². The molecule has 0 heterocycles. The van der Waals surface area contributed by atoms with E-state index >= 15 is 0 Å². The molecule has 1 N–H and O–H groups in total. The van der Waals surface area contributed by atoms with Crippen LogP contribution in [0.2, 0.25) is 5.02 Å². The molecule has 116 valence electrons. The molecular weight excluding hydrogens is 401 g/mol. The molecule has 2 rings (SSSR count). The summed E-state index contributed by atoms with van der Waals surface area (Å²) in [5.41, 5.74) is 0.336. The van der Waals surface area contributed by atoms with E-state index in [0.717, 1.165) is 6.42 Å². The Labute approximate surface area is 141 Å². The van der Waals surface area contributed by atoms with Crippen LogP contribution in [0.25, 0.3) is 0 Å². The van der Waals surface area contributed by atoms with E-state index in [0.29, 0.717) is 16.9 Å². The summed E-state index contributed by atoms with van der Waals surface area (Å²) in [5.74, 6) is 0.0224. The molecule has 1 atom stereocenters. The van der Waals surface area contributed by atoms with Crippen LogP contribution in [0, 0.1) is 11.3 Å². The Balaban J connectivity index is 2.23.